The summed E-state index contributed by atoms with van der Waals surface area (Å²) in [6, 6.07) is 11.8. The second-order valence-corrected chi connectivity index (χ2v) is 8.96. The molecule has 0 aliphatic heterocycles. The van der Waals surface area contributed by atoms with Crippen molar-refractivity contribution in [3.8, 4) is 0 Å². The average molecular weight is 431 g/mol. The molecule has 30 heavy (non-hydrogen) atoms. The summed E-state index contributed by atoms with van der Waals surface area (Å²) in [5.74, 6) is 0.365. The van der Waals surface area contributed by atoms with E-state index in [0.717, 1.165) is 11.3 Å². The predicted octanol–water partition coefficient (Wildman–Crippen LogP) is 4.62. The molecule has 0 saturated carbocycles. The molecule has 0 heterocycles. The minimum atomic E-state index is -0.619. The fourth-order valence-corrected chi connectivity index (χ4v) is 4.11. The van der Waals surface area contributed by atoms with Gasteiger partial charge in [-0.15, -0.1) is 11.8 Å². The Morgan fingerprint density at radius 3 is 2.17 bits per heavy atom. The van der Waals surface area contributed by atoms with E-state index in [-0.39, 0.29) is 36.0 Å². The maximum absolute atomic E-state index is 13.2. The molecule has 0 aliphatic carbocycles. The van der Waals surface area contributed by atoms with Crippen LogP contribution < -0.4 is 5.32 Å². The highest BCUT2D eigenvalue weighted by Crippen LogP contribution is 2.18. The number of amides is 2. The topological polar surface area (TPSA) is 49.4 Å². The molecule has 2 aromatic carbocycles. The first-order chi connectivity index (χ1) is 14.2. The van der Waals surface area contributed by atoms with Crippen molar-refractivity contribution in [1.82, 2.24) is 10.2 Å². The van der Waals surface area contributed by atoms with Crippen molar-refractivity contribution in [2.45, 2.75) is 59.0 Å². The molecule has 0 unspecified atom stereocenters. The molecule has 2 aromatic rings. The molecule has 0 aromatic heterocycles. The Balaban J connectivity index is 2.08. The molecule has 1 atom stereocenters. The highest BCUT2D eigenvalue weighted by molar-refractivity contribution is 7.99. The molecule has 162 valence electrons. The lowest BCUT2D eigenvalue weighted by molar-refractivity contribution is -0.138. The summed E-state index contributed by atoms with van der Waals surface area (Å²) < 4.78 is 13.2. The molecular formula is C24H31FN2O2S. The van der Waals surface area contributed by atoms with Crippen LogP contribution in [0.3, 0.4) is 0 Å². The lowest BCUT2D eigenvalue weighted by Gasteiger charge is -2.29. The monoisotopic (exact) mass is 430 g/mol. The first kappa shape index (κ1) is 23.9. The third kappa shape index (κ3) is 7.48. The Morgan fingerprint density at radius 1 is 1.00 bits per heavy atom. The highest BCUT2D eigenvalue weighted by Gasteiger charge is 2.26. The number of thioether (sulfide) groups is 1. The van der Waals surface area contributed by atoms with Gasteiger partial charge in [0.25, 0.3) is 0 Å². The lowest BCUT2D eigenvalue weighted by atomic mass is 10.1. The van der Waals surface area contributed by atoms with Crippen molar-refractivity contribution in [2.75, 3.05) is 5.75 Å². The molecule has 2 rings (SSSR count). The van der Waals surface area contributed by atoms with Crippen LogP contribution in [0.4, 0.5) is 4.39 Å². The van der Waals surface area contributed by atoms with Crippen molar-refractivity contribution in [3.63, 3.8) is 0 Å². The molecule has 0 bridgehead atoms. The smallest absolute Gasteiger partial charge is 0.242 e. The Labute approximate surface area is 183 Å². The van der Waals surface area contributed by atoms with Gasteiger partial charge in [-0.1, -0.05) is 41.5 Å². The summed E-state index contributed by atoms with van der Waals surface area (Å²) in [7, 11) is 0. The van der Waals surface area contributed by atoms with Crippen LogP contribution in [-0.2, 0) is 21.9 Å². The number of nitrogens with zero attached hydrogens (tertiary/aromatic N) is 1. The van der Waals surface area contributed by atoms with E-state index in [2.05, 4.69) is 37.4 Å². The summed E-state index contributed by atoms with van der Waals surface area (Å²) in [5, 5.41) is 2.87. The summed E-state index contributed by atoms with van der Waals surface area (Å²) in [4.78, 5) is 27.1. The van der Waals surface area contributed by atoms with Crippen LogP contribution >= 0.6 is 11.8 Å². The van der Waals surface area contributed by atoms with Gasteiger partial charge >= 0.3 is 0 Å². The Bertz CT molecular complexity index is 848. The van der Waals surface area contributed by atoms with Gasteiger partial charge < -0.3 is 10.2 Å². The van der Waals surface area contributed by atoms with Crippen LogP contribution in [-0.4, -0.2) is 34.6 Å². The molecule has 1 N–H and O–H groups in total. The molecule has 0 saturated heterocycles. The van der Waals surface area contributed by atoms with Gasteiger partial charge in [0.2, 0.25) is 11.8 Å². The lowest BCUT2D eigenvalue weighted by Crippen LogP contribution is -2.49. The van der Waals surface area contributed by atoms with Gasteiger partial charge in [-0.25, -0.2) is 4.39 Å². The van der Waals surface area contributed by atoms with E-state index in [9.17, 15) is 14.0 Å². The van der Waals surface area contributed by atoms with Crippen molar-refractivity contribution in [2.24, 2.45) is 0 Å². The number of rotatable bonds is 9. The third-order valence-corrected chi connectivity index (χ3v) is 5.63. The molecule has 0 aliphatic rings. The van der Waals surface area contributed by atoms with Crippen LogP contribution in [0.1, 0.15) is 43.0 Å². The first-order valence-corrected chi connectivity index (χ1v) is 11.3. The number of aryl methyl sites for hydroxylation is 2. The molecule has 0 radical (unpaired) electrons. The van der Waals surface area contributed by atoms with Crippen LogP contribution in [0.15, 0.2) is 42.5 Å². The van der Waals surface area contributed by atoms with Crippen LogP contribution in [0, 0.1) is 19.7 Å². The predicted molar refractivity (Wildman–Crippen MR) is 122 cm³/mol. The minimum absolute atomic E-state index is 0.0124. The maximum atomic E-state index is 13.2. The zero-order valence-electron chi connectivity index (χ0n) is 18.4. The average Bonchev–Trinajstić information content (AvgIpc) is 2.65. The minimum Gasteiger partial charge on any atom is -0.352 e. The molecule has 0 fully saturated rings. The second-order valence-electron chi connectivity index (χ2n) is 7.98. The molecule has 6 heteroatoms. The summed E-state index contributed by atoms with van der Waals surface area (Å²) in [5.41, 5.74) is 4.37. The van der Waals surface area contributed by atoms with Gasteiger partial charge in [-0.05, 0) is 57.9 Å². The summed E-state index contributed by atoms with van der Waals surface area (Å²) in [6.07, 6.45) is 0. The van der Waals surface area contributed by atoms with Gasteiger partial charge in [0.05, 0.1) is 5.75 Å². The summed E-state index contributed by atoms with van der Waals surface area (Å²) in [6.45, 7) is 9.88. The fourth-order valence-electron chi connectivity index (χ4n) is 3.27. The third-order valence-electron chi connectivity index (χ3n) is 4.64. The van der Waals surface area contributed by atoms with Crippen molar-refractivity contribution >= 4 is 23.6 Å². The van der Waals surface area contributed by atoms with E-state index >= 15 is 0 Å². The molecular weight excluding hydrogens is 399 g/mol. The molecule has 2 amide bonds. The van der Waals surface area contributed by atoms with Gasteiger partial charge in [0.15, 0.2) is 0 Å². The van der Waals surface area contributed by atoms with E-state index in [1.165, 1.54) is 40.6 Å². The van der Waals surface area contributed by atoms with E-state index in [0.29, 0.717) is 0 Å². The van der Waals surface area contributed by atoms with E-state index in [1.54, 1.807) is 24.0 Å². The number of hydrogen-bond acceptors (Lipinski definition) is 3. The van der Waals surface area contributed by atoms with Crippen LogP contribution in [0.2, 0.25) is 0 Å². The Hall–Kier alpha value is -2.34. The summed E-state index contributed by atoms with van der Waals surface area (Å²) >= 11 is 1.53. The van der Waals surface area contributed by atoms with Crippen LogP contribution in [0.5, 0.6) is 0 Å². The largest absolute Gasteiger partial charge is 0.352 e. The number of carbonyl (C=O) groups excluding carboxylic acids is 2. The van der Waals surface area contributed by atoms with Gasteiger partial charge in [-0.2, -0.15) is 0 Å². The Kier molecular flexibility index (Phi) is 8.90. The van der Waals surface area contributed by atoms with E-state index in [4.69, 9.17) is 0 Å². The zero-order valence-corrected chi connectivity index (χ0v) is 19.2. The molecule has 4 nitrogen and oxygen atoms in total. The standard InChI is InChI=1S/C24H31FN2O2S/c1-16(2)26-24(29)19(5)27(13-20-6-8-22(25)9-7-20)23(28)15-30-14-21-11-17(3)10-18(4)12-21/h6-12,16,19H,13-15H2,1-5H3,(H,26,29)/t19-/m0/s1. The maximum Gasteiger partial charge on any atom is 0.242 e. The van der Waals surface area contributed by atoms with Gasteiger partial charge in [0, 0.05) is 18.3 Å². The zero-order chi connectivity index (χ0) is 22.3. The Morgan fingerprint density at radius 2 is 1.60 bits per heavy atom. The fraction of sp³-hybridized carbons (Fsp3) is 0.417. The van der Waals surface area contributed by atoms with Crippen molar-refractivity contribution < 1.29 is 14.0 Å². The number of carbonyl (C=O) groups is 2. The first-order valence-electron chi connectivity index (χ1n) is 10.1. The number of hydrogen-bond donors (Lipinski definition) is 1. The van der Waals surface area contributed by atoms with Crippen molar-refractivity contribution in [3.05, 3.63) is 70.5 Å². The normalized spacial score (nSPS) is 12.0. The highest BCUT2D eigenvalue weighted by atomic mass is 32.2. The second kappa shape index (κ2) is 11.2. The quantitative estimate of drug-likeness (QED) is 0.632. The van der Waals surface area contributed by atoms with Gasteiger partial charge in [0.1, 0.15) is 11.9 Å². The van der Waals surface area contributed by atoms with E-state index in [1.807, 2.05) is 13.8 Å². The number of benzene rings is 2. The van der Waals surface area contributed by atoms with Gasteiger partial charge in [-0.3, -0.25) is 9.59 Å². The van der Waals surface area contributed by atoms with Crippen molar-refractivity contribution in [1.29, 1.82) is 0 Å². The SMILES string of the molecule is Cc1cc(C)cc(CSCC(=O)N(Cc2ccc(F)cc2)[C@@H](C)C(=O)NC(C)C)c1. The van der Waals surface area contributed by atoms with E-state index < -0.39 is 6.04 Å². The number of nitrogens with one attached hydrogen (secondary N) is 1. The number of halogens is 1. The van der Waals surface area contributed by atoms with Crippen LogP contribution in [0.25, 0.3) is 0 Å². The molecule has 0 spiro atoms.